The lowest BCUT2D eigenvalue weighted by Crippen LogP contribution is -2.64. The largest absolute Gasteiger partial charge is 0.472 e. The minimum absolute atomic E-state index is 0.00535. The Morgan fingerprint density at radius 3 is 1.62 bits per heavy atom. The van der Waals surface area contributed by atoms with Gasteiger partial charge in [-0.1, -0.05) is 131 Å². The van der Waals surface area contributed by atoms with Crippen LogP contribution in [-0.4, -0.2) is 115 Å². The van der Waals surface area contributed by atoms with Crippen LogP contribution in [0.15, 0.2) is 85.1 Å². The second kappa shape index (κ2) is 36.1. The molecule has 2 aliphatic rings. The smallest absolute Gasteiger partial charge is 0.462 e. The third-order valence-electron chi connectivity index (χ3n) is 10.9. The van der Waals surface area contributed by atoms with Gasteiger partial charge < -0.3 is 49.3 Å². The van der Waals surface area contributed by atoms with Gasteiger partial charge in [0.15, 0.2) is 6.10 Å². The molecule has 0 amide bonds. The Labute approximate surface area is 403 Å². The summed E-state index contributed by atoms with van der Waals surface area (Å²) in [7, 11) is -10.7. The number of aliphatic hydroxyl groups excluding tert-OH is 4. The SMILES string of the molecule is CC/C=C\CC1OC1C/C=C\C/C=C\C/C=C\C/C=C\CCC(=O)OC[C@H](COP(=O)(O)O[C@H]1C(O)C(O)C(O)[C@@H](OP(=O)(O)O)C1O)OC(=O)CCCCCCC/C=C\C/C=C\CCCCC. The number of unbranched alkanes of at least 4 members (excludes halogenated alkanes) is 8. The lowest BCUT2D eigenvalue weighted by molar-refractivity contribution is -0.216. The number of aliphatic hydroxyl groups is 4. The fourth-order valence-electron chi connectivity index (χ4n) is 7.00. The number of carbonyl (C=O) groups excluding carboxylic acids is 2. The number of phosphoric ester groups is 2. The van der Waals surface area contributed by atoms with Crippen molar-refractivity contribution in [1.82, 2.24) is 0 Å². The normalized spacial score (nSPS) is 25.0. The summed E-state index contributed by atoms with van der Waals surface area (Å²) in [6, 6.07) is 0. The van der Waals surface area contributed by atoms with Crippen LogP contribution in [0.5, 0.6) is 0 Å². The molecule has 1 heterocycles. The van der Waals surface area contributed by atoms with Gasteiger partial charge in [-0.3, -0.25) is 23.2 Å². The molecule has 0 aromatic carbocycles. The topological polar surface area (TPSA) is 269 Å². The van der Waals surface area contributed by atoms with E-state index in [0.717, 1.165) is 77.0 Å². The summed E-state index contributed by atoms with van der Waals surface area (Å²) < 4.78 is 55.0. The Kier molecular flexibility index (Phi) is 32.5. The van der Waals surface area contributed by atoms with Gasteiger partial charge in [0.25, 0.3) is 0 Å². The maximum atomic E-state index is 13.0. The van der Waals surface area contributed by atoms with Crippen molar-refractivity contribution in [2.24, 2.45) is 0 Å². The Bertz CT molecular complexity index is 1700. The minimum Gasteiger partial charge on any atom is -0.462 e. The number of allylic oxidation sites excluding steroid dienone is 12. The van der Waals surface area contributed by atoms with Crippen molar-refractivity contribution in [2.45, 2.75) is 197 Å². The molecule has 2 fully saturated rings. The van der Waals surface area contributed by atoms with Gasteiger partial charge >= 0.3 is 27.6 Å². The first-order chi connectivity index (χ1) is 32.6. The molecule has 1 aliphatic heterocycles. The van der Waals surface area contributed by atoms with Gasteiger partial charge in [-0.05, 0) is 83.5 Å². The molecule has 1 saturated carbocycles. The van der Waals surface area contributed by atoms with Crippen LogP contribution in [0.3, 0.4) is 0 Å². The van der Waals surface area contributed by atoms with E-state index in [1.165, 1.54) is 19.3 Å². The fourth-order valence-corrected chi connectivity index (χ4v) is 8.54. The zero-order valence-electron chi connectivity index (χ0n) is 39.9. The van der Waals surface area contributed by atoms with E-state index in [1.54, 1.807) is 0 Å². The van der Waals surface area contributed by atoms with Gasteiger partial charge in [0.2, 0.25) is 0 Å². The summed E-state index contributed by atoms with van der Waals surface area (Å²) >= 11 is 0. The summed E-state index contributed by atoms with van der Waals surface area (Å²) in [5.74, 6) is -1.33. The van der Waals surface area contributed by atoms with Gasteiger partial charge in [0.05, 0.1) is 18.8 Å². The molecular formula is C49H80O17P2. The summed E-state index contributed by atoms with van der Waals surface area (Å²) in [6.45, 7) is 2.88. The predicted octanol–water partition coefficient (Wildman–Crippen LogP) is 8.38. The van der Waals surface area contributed by atoms with Crippen molar-refractivity contribution in [2.75, 3.05) is 13.2 Å². The first-order valence-corrected chi connectivity index (χ1v) is 27.3. The van der Waals surface area contributed by atoms with Gasteiger partial charge in [-0.25, -0.2) is 9.13 Å². The van der Waals surface area contributed by atoms with E-state index < -0.39 is 83.5 Å². The van der Waals surface area contributed by atoms with Crippen molar-refractivity contribution in [3.05, 3.63) is 85.1 Å². The second-order valence-corrected chi connectivity index (χ2v) is 19.4. The van der Waals surface area contributed by atoms with Crippen LogP contribution in [0.2, 0.25) is 0 Å². The number of ether oxygens (including phenoxy) is 3. The van der Waals surface area contributed by atoms with Crippen LogP contribution in [0.4, 0.5) is 0 Å². The van der Waals surface area contributed by atoms with Crippen LogP contribution < -0.4 is 0 Å². The standard InChI is InChI=1S/C49H80O17P2/c1-3-5-7-8-9-10-11-12-13-14-19-22-25-28-32-36-43(51)63-39(38-62-68(59,60)66-49-46(54)44(52)45(53)48(47(49)55)65-67(56,57)58)37-61-42(50)35-31-27-24-21-18-16-15-17-20-23-26-30-34-41-40(64-41)33-29-6-4-2/h6,9-10,12-13,16-18,20,24,26-27,29-30,39-41,44-49,52-55H,3-5,7-8,11,14-15,19,21-23,25,28,31-38H2,1-2H3,(H,59,60)(H2,56,57,58)/b10-9-,13-12-,18-16-,20-17-,27-24-,29-6-,30-26-/t39-,40?,41?,44?,45?,46?,47?,48-,49+/m1/s1. The molecule has 0 aromatic heterocycles. The van der Waals surface area contributed by atoms with E-state index in [2.05, 4.69) is 79.1 Å². The maximum Gasteiger partial charge on any atom is 0.472 e. The van der Waals surface area contributed by atoms with Crippen LogP contribution in [0.1, 0.15) is 142 Å². The quantitative estimate of drug-likeness (QED) is 0.0101. The summed E-state index contributed by atoms with van der Waals surface area (Å²) in [5.41, 5.74) is 0. The Morgan fingerprint density at radius 1 is 0.544 bits per heavy atom. The molecule has 19 heteroatoms. The molecule has 1 saturated heterocycles. The molecule has 7 unspecified atom stereocenters. The van der Waals surface area contributed by atoms with E-state index >= 15 is 0 Å². The highest BCUT2D eigenvalue weighted by molar-refractivity contribution is 7.47. The predicted molar refractivity (Wildman–Crippen MR) is 259 cm³/mol. The van der Waals surface area contributed by atoms with Crippen LogP contribution in [-0.2, 0) is 46.5 Å². The van der Waals surface area contributed by atoms with Crippen LogP contribution >= 0.6 is 15.6 Å². The fraction of sp³-hybridized carbons (Fsp3) is 0.673. The lowest BCUT2D eigenvalue weighted by atomic mass is 9.85. The molecule has 10 atom stereocenters. The van der Waals surface area contributed by atoms with Gasteiger partial charge in [-0.15, -0.1) is 0 Å². The third-order valence-corrected chi connectivity index (χ3v) is 12.4. The van der Waals surface area contributed by atoms with Gasteiger partial charge in [0.1, 0.15) is 43.2 Å². The lowest BCUT2D eigenvalue weighted by Gasteiger charge is -2.43. The first-order valence-electron chi connectivity index (χ1n) is 24.3. The maximum absolute atomic E-state index is 13.0. The molecule has 17 nitrogen and oxygen atoms in total. The summed E-state index contributed by atoms with van der Waals surface area (Å²) in [6.07, 6.45) is 31.6. The molecule has 388 valence electrons. The van der Waals surface area contributed by atoms with E-state index in [-0.39, 0.29) is 12.8 Å². The number of esters is 2. The van der Waals surface area contributed by atoms with Crippen LogP contribution in [0.25, 0.3) is 0 Å². The highest BCUT2D eigenvalue weighted by atomic mass is 31.2. The highest BCUT2D eigenvalue weighted by Crippen LogP contribution is 2.49. The van der Waals surface area contributed by atoms with Crippen molar-refractivity contribution in [3.8, 4) is 0 Å². The zero-order chi connectivity index (χ0) is 50.0. The molecular weight excluding hydrogens is 922 g/mol. The van der Waals surface area contributed by atoms with Crippen molar-refractivity contribution in [1.29, 1.82) is 0 Å². The third kappa shape index (κ3) is 29.4. The average Bonchev–Trinajstić information content (AvgIpc) is 4.05. The molecule has 2 rings (SSSR count). The van der Waals surface area contributed by atoms with Crippen molar-refractivity contribution >= 4 is 27.6 Å². The number of hydrogen-bond acceptors (Lipinski definition) is 14. The first kappa shape index (κ1) is 61.3. The number of carbonyl (C=O) groups is 2. The Hall–Kier alpha value is -2.86. The molecule has 7 N–H and O–H groups in total. The van der Waals surface area contributed by atoms with Gasteiger partial charge in [-0.2, -0.15) is 0 Å². The van der Waals surface area contributed by atoms with Crippen LogP contribution in [0, 0.1) is 0 Å². The zero-order valence-corrected chi connectivity index (χ0v) is 41.7. The molecule has 0 bridgehead atoms. The number of phosphoric acid groups is 2. The molecule has 0 aromatic rings. The number of epoxide rings is 1. The molecule has 68 heavy (non-hydrogen) atoms. The van der Waals surface area contributed by atoms with Gasteiger partial charge in [0, 0.05) is 12.8 Å². The van der Waals surface area contributed by atoms with E-state index in [9.17, 15) is 53.8 Å². The van der Waals surface area contributed by atoms with E-state index in [0.29, 0.717) is 31.5 Å². The van der Waals surface area contributed by atoms with E-state index in [4.69, 9.17) is 23.3 Å². The number of rotatable bonds is 38. The molecule has 0 spiro atoms. The average molecular weight is 1000 g/mol. The minimum atomic E-state index is -5.38. The Balaban J connectivity index is 1.81. The van der Waals surface area contributed by atoms with E-state index in [1.807, 2.05) is 24.3 Å². The second-order valence-electron chi connectivity index (χ2n) is 16.8. The van der Waals surface area contributed by atoms with Crippen molar-refractivity contribution in [3.63, 3.8) is 0 Å². The van der Waals surface area contributed by atoms with Crippen molar-refractivity contribution < 1.29 is 81.6 Å². The molecule has 1 aliphatic carbocycles. The number of hydrogen-bond donors (Lipinski definition) is 7. The summed E-state index contributed by atoms with van der Waals surface area (Å²) in [5, 5.41) is 41.3. The summed E-state index contributed by atoms with van der Waals surface area (Å²) in [4.78, 5) is 54.3. The highest BCUT2D eigenvalue weighted by Gasteiger charge is 2.54. The Morgan fingerprint density at radius 2 is 1.04 bits per heavy atom. The monoisotopic (exact) mass is 1000 g/mol. The molecule has 0 radical (unpaired) electrons.